The summed E-state index contributed by atoms with van der Waals surface area (Å²) in [6.45, 7) is 4.30. The third kappa shape index (κ3) is 2.50. The summed E-state index contributed by atoms with van der Waals surface area (Å²) in [6.07, 6.45) is 3.74. The fourth-order valence-electron chi connectivity index (χ4n) is 2.42. The number of hydrogen-bond donors (Lipinski definition) is 1. The predicted molar refractivity (Wildman–Crippen MR) is 85.0 cm³/mol. The molecule has 1 atom stereocenters. The van der Waals surface area contributed by atoms with Crippen molar-refractivity contribution in [3.63, 3.8) is 0 Å². The van der Waals surface area contributed by atoms with Crippen LogP contribution in [0.25, 0.3) is 10.8 Å². The van der Waals surface area contributed by atoms with E-state index in [4.69, 9.17) is 0 Å². The van der Waals surface area contributed by atoms with Gasteiger partial charge in [0, 0.05) is 34.9 Å². The lowest BCUT2D eigenvalue weighted by Crippen LogP contribution is -2.06. The minimum Gasteiger partial charge on any atom is -0.378 e. The molecule has 0 spiro atoms. The van der Waals surface area contributed by atoms with Crippen LogP contribution >= 0.6 is 0 Å². The molecule has 3 aromatic rings. The first-order valence-corrected chi connectivity index (χ1v) is 6.90. The van der Waals surface area contributed by atoms with E-state index in [-0.39, 0.29) is 6.04 Å². The number of benzene rings is 2. The van der Waals surface area contributed by atoms with Gasteiger partial charge in [0.2, 0.25) is 0 Å². The smallest absolute Gasteiger partial charge is 0.0485 e. The molecule has 0 saturated carbocycles. The summed E-state index contributed by atoms with van der Waals surface area (Å²) in [6, 6.07) is 17.3. The van der Waals surface area contributed by atoms with Crippen LogP contribution in [0, 0.1) is 6.92 Å². The Morgan fingerprint density at radius 3 is 2.60 bits per heavy atom. The molecular formula is C18H18N2. The zero-order valence-corrected chi connectivity index (χ0v) is 11.8. The molecule has 1 N–H and O–H groups in total. The van der Waals surface area contributed by atoms with Crippen LogP contribution in [0.4, 0.5) is 5.69 Å². The highest BCUT2D eigenvalue weighted by Crippen LogP contribution is 2.26. The second-order valence-electron chi connectivity index (χ2n) is 5.18. The number of fused-ring (bicyclic) bond motifs is 1. The molecule has 0 aliphatic carbocycles. The summed E-state index contributed by atoms with van der Waals surface area (Å²) in [4.78, 5) is 4.17. The molecule has 0 saturated heterocycles. The fraction of sp³-hybridized carbons (Fsp3) is 0.167. The summed E-state index contributed by atoms with van der Waals surface area (Å²) in [5.74, 6) is 0. The third-order valence-electron chi connectivity index (χ3n) is 3.63. The molecule has 0 bridgehead atoms. The zero-order valence-electron chi connectivity index (χ0n) is 11.8. The van der Waals surface area contributed by atoms with Crippen molar-refractivity contribution in [1.82, 2.24) is 4.98 Å². The van der Waals surface area contributed by atoms with E-state index in [1.807, 2.05) is 12.4 Å². The first-order valence-electron chi connectivity index (χ1n) is 6.90. The first kappa shape index (κ1) is 12.7. The molecule has 2 heteroatoms. The summed E-state index contributed by atoms with van der Waals surface area (Å²) in [5.41, 5.74) is 3.73. The Labute approximate surface area is 119 Å². The molecule has 0 aliphatic rings. The van der Waals surface area contributed by atoms with Crippen LogP contribution in [-0.2, 0) is 0 Å². The molecule has 3 rings (SSSR count). The fourth-order valence-corrected chi connectivity index (χ4v) is 2.42. The molecule has 0 radical (unpaired) electrons. The molecule has 2 aromatic carbocycles. The van der Waals surface area contributed by atoms with Crippen LogP contribution in [0.2, 0.25) is 0 Å². The quantitative estimate of drug-likeness (QED) is 0.739. The van der Waals surface area contributed by atoms with Crippen LogP contribution < -0.4 is 5.32 Å². The van der Waals surface area contributed by atoms with Gasteiger partial charge in [0.05, 0.1) is 0 Å². The van der Waals surface area contributed by atoms with Crippen LogP contribution in [-0.4, -0.2) is 4.98 Å². The second-order valence-corrected chi connectivity index (χ2v) is 5.18. The van der Waals surface area contributed by atoms with Gasteiger partial charge in [-0.15, -0.1) is 0 Å². The molecule has 0 aliphatic heterocycles. The predicted octanol–water partition coefficient (Wildman–Crippen LogP) is 4.72. The van der Waals surface area contributed by atoms with Gasteiger partial charge in [-0.1, -0.05) is 42.0 Å². The van der Waals surface area contributed by atoms with Crippen molar-refractivity contribution in [2.45, 2.75) is 19.9 Å². The molecule has 1 aromatic heterocycles. The maximum absolute atomic E-state index is 4.17. The van der Waals surface area contributed by atoms with E-state index in [9.17, 15) is 0 Å². The number of aromatic nitrogens is 1. The van der Waals surface area contributed by atoms with Crippen LogP contribution in [0.5, 0.6) is 0 Å². The number of anilines is 1. The van der Waals surface area contributed by atoms with Crippen LogP contribution in [0.1, 0.15) is 24.1 Å². The molecule has 1 heterocycles. The largest absolute Gasteiger partial charge is 0.378 e. The lowest BCUT2D eigenvalue weighted by molar-refractivity contribution is 0.886. The molecule has 100 valence electrons. The second kappa shape index (κ2) is 5.33. The van der Waals surface area contributed by atoms with Gasteiger partial charge in [0.1, 0.15) is 0 Å². The number of pyridine rings is 1. The third-order valence-corrected chi connectivity index (χ3v) is 3.63. The van der Waals surface area contributed by atoms with Gasteiger partial charge >= 0.3 is 0 Å². The van der Waals surface area contributed by atoms with E-state index in [1.165, 1.54) is 16.5 Å². The van der Waals surface area contributed by atoms with Crippen molar-refractivity contribution in [1.29, 1.82) is 0 Å². The molecular weight excluding hydrogens is 244 g/mol. The highest BCUT2D eigenvalue weighted by Gasteiger charge is 2.07. The molecule has 2 nitrogen and oxygen atoms in total. The van der Waals surface area contributed by atoms with Crippen LogP contribution in [0.15, 0.2) is 60.9 Å². The monoisotopic (exact) mass is 262 g/mol. The van der Waals surface area contributed by atoms with E-state index in [2.05, 4.69) is 72.7 Å². The number of rotatable bonds is 3. The van der Waals surface area contributed by atoms with E-state index >= 15 is 0 Å². The Bertz CT molecular complexity index is 712. The van der Waals surface area contributed by atoms with Gasteiger partial charge in [0.15, 0.2) is 0 Å². The molecule has 0 fully saturated rings. The summed E-state index contributed by atoms with van der Waals surface area (Å²) in [5, 5.41) is 5.96. The van der Waals surface area contributed by atoms with Gasteiger partial charge in [-0.25, -0.2) is 0 Å². The highest BCUT2D eigenvalue weighted by molar-refractivity contribution is 5.93. The van der Waals surface area contributed by atoms with Gasteiger partial charge in [-0.2, -0.15) is 0 Å². The number of nitrogens with one attached hydrogen (secondary N) is 1. The van der Waals surface area contributed by atoms with E-state index < -0.39 is 0 Å². The first-order chi connectivity index (χ1) is 9.74. The average molecular weight is 262 g/mol. The lowest BCUT2D eigenvalue weighted by Gasteiger charge is -2.17. The Hall–Kier alpha value is -2.35. The highest BCUT2D eigenvalue weighted by atomic mass is 14.9. The average Bonchev–Trinajstić information content (AvgIpc) is 2.48. The van der Waals surface area contributed by atoms with Crippen molar-refractivity contribution < 1.29 is 0 Å². The molecule has 20 heavy (non-hydrogen) atoms. The Morgan fingerprint density at radius 1 is 1.00 bits per heavy atom. The van der Waals surface area contributed by atoms with Crippen molar-refractivity contribution >= 4 is 16.5 Å². The van der Waals surface area contributed by atoms with Gasteiger partial charge in [-0.05, 0) is 31.5 Å². The normalized spacial score (nSPS) is 12.3. The van der Waals surface area contributed by atoms with Gasteiger partial charge in [0.25, 0.3) is 0 Å². The topological polar surface area (TPSA) is 24.9 Å². The number of aryl methyl sites for hydroxylation is 1. The summed E-state index contributed by atoms with van der Waals surface area (Å²) in [7, 11) is 0. The van der Waals surface area contributed by atoms with Crippen molar-refractivity contribution in [2.75, 3.05) is 5.32 Å². The van der Waals surface area contributed by atoms with Crippen molar-refractivity contribution in [2.24, 2.45) is 0 Å². The maximum atomic E-state index is 4.17. The number of nitrogens with zero attached hydrogens (tertiary/aromatic N) is 1. The minimum atomic E-state index is 0.273. The van der Waals surface area contributed by atoms with E-state index in [0.29, 0.717) is 0 Å². The summed E-state index contributed by atoms with van der Waals surface area (Å²) >= 11 is 0. The Morgan fingerprint density at radius 2 is 1.80 bits per heavy atom. The molecule has 0 amide bonds. The van der Waals surface area contributed by atoms with Crippen molar-refractivity contribution in [3.05, 3.63) is 72.1 Å². The van der Waals surface area contributed by atoms with Crippen LogP contribution in [0.3, 0.4) is 0 Å². The molecule has 1 unspecified atom stereocenters. The van der Waals surface area contributed by atoms with E-state index in [1.54, 1.807) is 0 Å². The standard InChI is InChI=1S/C18H18N2/c1-13-6-8-15(9-7-13)14(2)20-18-5-3-4-16-12-19-11-10-17(16)18/h3-12,14,20H,1-2H3. The maximum Gasteiger partial charge on any atom is 0.0485 e. The SMILES string of the molecule is Cc1ccc(C(C)Nc2cccc3cnccc23)cc1. The van der Waals surface area contributed by atoms with E-state index in [0.717, 1.165) is 11.1 Å². The number of hydrogen-bond acceptors (Lipinski definition) is 2. The van der Waals surface area contributed by atoms with Crippen molar-refractivity contribution in [3.8, 4) is 0 Å². The lowest BCUT2D eigenvalue weighted by atomic mass is 10.1. The Balaban J connectivity index is 1.91. The minimum absolute atomic E-state index is 0.273. The zero-order chi connectivity index (χ0) is 13.9. The Kier molecular flexibility index (Phi) is 3.38. The summed E-state index contributed by atoms with van der Waals surface area (Å²) < 4.78 is 0. The van der Waals surface area contributed by atoms with Gasteiger partial charge in [-0.3, -0.25) is 4.98 Å². The van der Waals surface area contributed by atoms with Gasteiger partial charge < -0.3 is 5.32 Å².